The maximum absolute atomic E-state index is 12.6. The topological polar surface area (TPSA) is 78.5 Å². The Morgan fingerprint density at radius 1 is 1.00 bits per heavy atom. The van der Waals surface area contributed by atoms with Gasteiger partial charge in [0.1, 0.15) is 0 Å². The summed E-state index contributed by atoms with van der Waals surface area (Å²) in [5.74, 6) is -0.201. The quantitative estimate of drug-likeness (QED) is 0.743. The summed E-state index contributed by atoms with van der Waals surface area (Å²) in [6.45, 7) is 6.43. The SMILES string of the molecule is CCN(CC)S(=O)(=O)c1cccc(NCC(=O)Nc2cccc(C)c2)c1. The van der Waals surface area contributed by atoms with Crippen molar-refractivity contribution in [1.29, 1.82) is 0 Å². The van der Waals surface area contributed by atoms with E-state index in [1.807, 2.05) is 31.2 Å². The number of nitrogens with one attached hydrogen (secondary N) is 2. The lowest BCUT2D eigenvalue weighted by molar-refractivity contribution is -0.114. The molecule has 0 saturated heterocycles. The van der Waals surface area contributed by atoms with Crippen LogP contribution in [0.5, 0.6) is 0 Å². The van der Waals surface area contributed by atoms with E-state index in [0.29, 0.717) is 18.8 Å². The molecule has 0 spiro atoms. The third-order valence-electron chi connectivity index (χ3n) is 3.93. The molecule has 7 heteroatoms. The highest BCUT2D eigenvalue weighted by molar-refractivity contribution is 7.89. The fraction of sp³-hybridized carbons (Fsp3) is 0.316. The molecular formula is C19H25N3O3S. The minimum atomic E-state index is -3.52. The van der Waals surface area contributed by atoms with E-state index in [1.54, 1.807) is 38.1 Å². The highest BCUT2D eigenvalue weighted by atomic mass is 32.2. The van der Waals surface area contributed by atoms with Crippen LogP contribution < -0.4 is 10.6 Å². The Bertz CT molecular complexity index is 862. The summed E-state index contributed by atoms with van der Waals surface area (Å²) in [6.07, 6.45) is 0. The third kappa shape index (κ3) is 5.06. The van der Waals surface area contributed by atoms with Crippen LogP contribution in [0.2, 0.25) is 0 Å². The van der Waals surface area contributed by atoms with Crippen LogP contribution in [0.25, 0.3) is 0 Å². The van der Waals surface area contributed by atoms with Crippen LogP contribution in [0.15, 0.2) is 53.4 Å². The maximum atomic E-state index is 12.6. The molecule has 2 N–H and O–H groups in total. The number of carbonyl (C=O) groups excluding carboxylic acids is 1. The molecule has 0 saturated carbocycles. The Labute approximate surface area is 155 Å². The summed E-state index contributed by atoms with van der Waals surface area (Å²) in [5, 5.41) is 5.78. The molecule has 26 heavy (non-hydrogen) atoms. The van der Waals surface area contributed by atoms with Crippen LogP contribution in [-0.2, 0) is 14.8 Å². The molecule has 0 radical (unpaired) electrons. The minimum Gasteiger partial charge on any atom is -0.376 e. The van der Waals surface area contributed by atoms with Crippen molar-refractivity contribution in [1.82, 2.24) is 4.31 Å². The van der Waals surface area contributed by atoms with Crippen molar-refractivity contribution in [2.75, 3.05) is 30.3 Å². The lowest BCUT2D eigenvalue weighted by Crippen LogP contribution is -2.30. The van der Waals surface area contributed by atoms with E-state index in [2.05, 4.69) is 10.6 Å². The molecule has 140 valence electrons. The van der Waals surface area contributed by atoms with Crippen LogP contribution in [0, 0.1) is 6.92 Å². The van der Waals surface area contributed by atoms with E-state index in [4.69, 9.17) is 0 Å². The second-order valence-corrected chi connectivity index (χ2v) is 7.83. The number of amides is 1. The van der Waals surface area contributed by atoms with Crippen molar-refractivity contribution in [2.24, 2.45) is 0 Å². The van der Waals surface area contributed by atoms with Gasteiger partial charge in [-0.2, -0.15) is 4.31 Å². The molecule has 0 aliphatic heterocycles. The van der Waals surface area contributed by atoms with Crippen molar-refractivity contribution >= 4 is 27.3 Å². The smallest absolute Gasteiger partial charge is 0.243 e. The van der Waals surface area contributed by atoms with Crippen LogP contribution in [0.1, 0.15) is 19.4 Å². The van der Waals surface area contributed by atoms with Crippen LogP contribution in [-0.4, -0.2) is 38.3 Å². The number of anilines is 2. The van der Waals surface area contributed by atoms with Gasteiger partial charge in [0.15, 0.2) is 0 Å². The first-order valence-electron chi connectivity index (χ1n) is 8.57. The molecule has 0 fully saturated rings. The van der Waals surface area contributed by atoms with Crippen LogP contribution in [0.3, 0.4) is 0 Å². The zero-order chi connectivity index (χ0) is 19.2. The standard InChI is InChI=1S/C19H25N3O3S/c1-4-22(5-2)26(24,25)18-11-7-9-16(13-18)20-14-19(23)21-17-10-6-8-15(3)12-17/h6-13,20H,4-5,14H2,1-3H3,(H,21,23). The largest absolute Gasteiger partial charge is 0.376 e. The first kappa shape index (κ1) is 19.9. The minimum absolute atomic E-state index is 0.0444. The van der Waals surface area contributed by atoms with Gasteiger partial charge in [-0.15, -0.1) is 0 Å². The number of aryl methyl sites for hydroxylation is 1. The summed E-state index contributed by atoms with van der Waals surface area (Å²) in [7, 11) is -3.52. The molecule has 2 rings (SSSR count). The monoisotopic (exact) mass is 375 g/mol. The Hall–Kier alpha value is -2.38. The second kappa shape index (κ2) is 8.82. The molecule has 0 atom stereocenters. The number of rotatable bonds is 8. The number of nitrogens with zero attached hydrogens (tertiary/aromatic N) is 1. The number of sulfonamides is 1. The molecule has 0 unspecified atom stereocenters. The van der Waals surface area contributed by atoms with E-state index in [9.17, 15) is 13.2 Å². The Morgan fingerprint density at radius 2 is 1.65 bits per heavy atom. The van der Waals surface area contributed by atoms with Crippen LogP contribution in [0.4, 0.5) is 11.4 Å². The summed E-state index contributed by atoms with van der Waals surface area (Å²) in [6, 6.07) is 14.0. The first-order valence-corrected chi connectivity index (χ1v) is 10.0. The van der Waals surface area contributed by atoms with Gasteiger partial charge in [-0.05, 0) is 42.8 Å². The van der Waals surface area contributed by atoms with Crippen molar-refractivity contribution < 1.29 is 13.2 Å². The molecule has 1 amide bonds. The molecule has 0 heterocycles. The summed E-state index contributed by atoms with van der Waals surface area (Å²) in [5.41, 5.74) is 2.37. The fourth-order valence-electron chi connectivity index (χ4n) is 2.59. The summed E-state index contributed by atoms with van der Waals surface area (Å²) < 4.78 is 26.6. The van der Waals surface area contributed by atoms with Gasteiger partial charge in [-0.3, -0.25) is 4.79 Å². The number of hydrogen-bond donors (Lipinski definition) is 2. The van der Waals surface area contributed by atoms with Gasteiger partial charge in [0, 0.05) is 24.5 Å². The molecule has 2 aromatic carbocycles. The molecule has 2 aromatic rings. The third-order valence-corrected chi connectivity index (χ3v) is 5.98. The van der Waals surface area contributed by atoms with E-state index in [1.165, 1.54) is 4.31 Å². The van der Waals surface area contributed by atoms with Crippen molar-refractivity contribution in [3.63, 3.8) is 0 Å². The van der Waals surface area contributed by atoms with Gasteiger partial charge in [0.25, 0.3) is 0 Å². The van der Waals surface area contributed by atoms with E-state index in [-0.39, 0.29) is 17.3 Å². The van der Waals surface area contributed by atoms with E-state index in [0.717, 1.165) is 11.3 Å². The van der Waals surface area contributed by atoms with Crippen molar-refractivity contribution in [2.45, 2.75) is 25.7 Å². The van der Waals surface area contributed by atoms with E-state index < -0.39 is 10.0 Å². The number of carbonyl (C=O) groups is 1. The Morgan fingerprint density at radius 3 is 2.31 bits per heavy atom. The molecular weight excluding hydrogens is 350 g/mol. The van der Waals surface area contributed by atoms with Gasteiger partial charge in [-0.1, -0.05) is 32.0 Å². The summed E-state index contributed by atoms with van der Waals surface area (Å²) in [4.78, 5) is 12.3. The predicted molar refractivity (Wildman–Crippen MR) is 105 cm³/mol. The molecule has 0 aromatic heterocycles. The Kier molecular flexibility index (Phi) is 6.76. The fourth-order valence-corrected chi connectivity index (χ4v) is 4.09. The van der Waals surface area contributed by atoms with Crippen LogP contribution >= 0.6 is 0 Å². The lowest BCUT2D eigenvalue weighted by Gasteiger charge is -2.19. The lowest BCUT2D eigenvalue weighted by atomic mass is 10.2. The van der Waals surface area contributed by atoms with Crippen molar-refractivity contribution in [3.05, 3.63) is 54.1 Å². The zero-order valence-corrected chi connectivity index (χ0v) is 16.1. The average Bonchev–Trinajstić information content (AvgIpc) is 2.61. The first-order chi connectivity index (χ1) is 12.4. The van der Waals surface area contributed by atoms with Gasteiger partial charge in [-0.25, -0.2) is 8.42 Å². The summed E-state index contributed by atoms with van der Waals surface area (Å²) >= 11 is 0. The second-order valence-electron chi connectivity index (χ2n) is 5.89. The Balaban J connectivity index is 2.03. The van der Waals surface area contributed by atoms with Gasteiger partial charge >= 0.3 is 0 Å². The highest BCUT2D eigenvalue weighted by Crippen LogP contribution is 2.19. The number of hydrogen-bond acceptors (Lipinski definition) is 4. The van der Waals surface area contributed by atoms with Gasteiger partial charge in [0.05, 0.1) is 11.4 Å². The zero-order valence-electron chi connectivity index (χ0n) is 15.3. The maximum Gasteiger partial charge on any atom is 0.243 e. The predicted octanol–water partition coefficient (Wildman–Crippen LogP) is 3.08. The molecule has 0 aliphatic rings. The van der Waals surface area contributed by atoms with E-state index >= 15 is 0 Å². The normalized spacial score (nSPS) is 11.4. The van der Waals surface area contributed by atoms with Crippen molar-refractivity contribution in [3.8, 4) is 0 Å². The molecule has 0 aliphatic carbocycles. The van der Waals surface area contributed by atoms with Gasteiger partial charge in [0.2, 0.25) is 15.9 Å². The highest BCUT2D eigenvalue weighted by Gasteiger charge is 2.21. The molecule has 0 bridgehead atoms. The molecule has 6 nitrogen and oxygen atoms in total. The number of benzene rings is 2. The average molecular weight is 375 g/mol. The van der Waals surface area contributed by atoms with Gasteiger partial charge < -0.3 is 10.6 Å².